The second-order valence-corrected chi connectivity index (χ2v) is 4.93. The molecule has 2 heteroatoms. The first-order valence-corrected chi connectivity index (χ1v) is 6.52. The van der Waals surface area contributed by atoms with E-state index in [1.54, 1.807) is 0 Å². The van der Waals surface area contributed by atoms with Crippen molar-refractivity contribution < 1.29 is 9.53 Å². The van der Waals surface area contributed by atoms with Crippen LogP contribution >= 0.6 is 0 Å². The summed E-state index contributed by atoms with van der Waals surface area (Å²) in [6.45, 7) is 1.96. The molecule has 1 aromatic rings. The summed E-state index contributed by atoms with van der Waals surface area (Å²) in [5.41, 5.74) is 1.02. The Morgan fingerprint density at radius 1 is 1.29 bits per heavy atom. The molecule has 1 aliphatic carbocycles. The summed E-state index contributed by atoms with van der Waals surface area (Å²) in [7, 11) is 0. The van der Waals surface area contributed by atoms with Gasteiger partial charge in [-0.3, -0.25) is 4.79 Å². The molecule has 2 nitrogen and oxygen atoms in total. The maximum atomic E-state index is 11.7. The molecule has 0 unspecified atom stereocenters. The van der Waals surface area contributed by atoms with Crippen LogP contribution in [0.4, 0.5) is 0 Å². The van der Waals surface area contributed by atoms with Crippen molar-refractivity contribution >= 4 is 5.97 Å². The molecule has 92 valence electrons. The topological polar surface area (TPSA) is 26.3 Å². The number of carbonyl (C=O) groups is 1. The van der Waals surface area contributed by atoms with Crippen molar-refractivity contribution in [3.63, 3.8) is 0 Å². The molecule has 0 aliphatic heterocycles. The molecule has 0 bridgehead atoms. The largest absolute Gasteiger partial charge is 0.426 e. The van der Waals surface area contributed by atoms with Gasteiger partial charge in [0.1, 0.15) is 5.75 Å². The van der Waals surface area contributed by atoms with Crippen molar-refractivity contribution in [2.24, 2.45) is 5.92 Å². The van der Waals surface area contributed by atoms with Crippen LogP contribution < -0.4 is 4.74 Å². The summed E-state index contributed by atoms with van der Waals surface area (Å²) in [5.74, 6) is 1.36. The van der Waals surface area contributed by atoms with E-state index < -0.39 is 0 Å². The Morgan fingerprint density at radius 2 is 2.00 bits per heavy atom. The van der Waals surface area contributed by atoms with Gasteiger partial charge in [0, 0.05) is 6.42 Å². The predicted molar refractivity (Wildman–Crippen MR) is 68.0 cm³/mol. The molecule has 0 atom stereocenters. The minimum Gasteiger partial charge on any atom is -0.426 e. The summed E-state index contributed by atoms with van der Waals surface area (Å²) in [5, 5.41) is 0. The molecule has 1 aromatic carbocycles. The number of benzene rings is 1. The monoisotopic (exact) mass is 232 g/mol. The van der Waals surface area contributed by atoms with E-state index in [2.05, 4.69) is 0 Å². The predicted octanol–water partition coefficient (Wildman–Crippen LogP) is 3.87. The molecular formula is C15H20O2. The van der Waals surface area contributed by atoms with Crippen LogP contribution in [-0.2, 0) is 4.79 Å². The molecule has 0 radical (unpaired) electrons. The highest BCUT2D eigenvalue weighted by Gasteiger charge is 2.17. The number of para-hydroxylation sites is 1. The average molecular weight is 232 g/mol. The lowest BCUT2D eigenvalue weighted by Gasteiger charge is -2.09. The van der Waals surface area contributed by atoms with Crippen LogP contribution in [0.2, 0.25) is 0 Å². The summed E-state index contributed by atoms with van der Waals surface area (Å²) in [6.07, 6.45) is 6.79. The second-order valence-electron chi connectivity index (χ2n) is 4.93. The lowest BCUT2D eigenvalue weighted by molar-refractivity contribution is -0.134. The molecule has 17 heavy (non-hydrogen) atoms. The van der Waals surface area contributed by atoms with Gasteiger partial charge in [0.25, 0.3) is 0 Å². The normalized spacial score (nSPS) is 16.1. The highest BCUT2D eigenvalue weighted by molar-refractivity contribution is 5.72. The lowest BCUT2D eigenvalue weighted by atomic mass is 10.0. The van der Waals surface area contributed by atoms with Gasteiger partial charge < -0.3 is 4.74 Å². The van der Waals surface area contributed by atoms with Crippen LogP contribution in [0.25, 0.3) is 0 Å². The second kappa shape index (κ2) is 5.85. The molecule has 0 spiro atoms. The molecular weight excluding hydrogens is 212 g/mol. The molecule has 1 aliphatic rings. The first-order chi connectivity index (χ1) is 8.25. The molecule has 1 fully saturated rings. The minimum atomic E-state index is -0.0915. The van der Waals surface area contributed by atoms with Crippen LogP contribution in [0.3, 0.4) is 0 Å². The number of rotatable bonds is 4. The van der Waals surface area contributed by atoms with E-state index in [0.29, 0.717) is 12.2 Å². The van der Waals surface area contributed by atoms with E-state index in [0.717, 1.165) is 17.9 Å². The summed E-state index contributed by atoms with van der Waals surface area (Å²) >= 11 is 0. The van der Waals surface area contributed by atoms with Crippen LogP contribution in [0.15, 0.2) is 24.3 Å². The zero-order chi connectivity index (χ0) is 12.1. The molecule has 0 amide bonds. The van der Waals surface area contributed by atoms with Gasteiger partial charge >= 0.3 is 5.97 Å². The number of carbonyl (C=O) groups excluding carboxylic acids is 1. The van der Waals surface area contributed by atoms with Gasteiger partial charge in [0.05, 0.1) is 0 Å². The lowest BCUT2D eigenvalue weighted by Crippen LogP contribution is -2.10. The van der Waals surface area contributed by atoms with Gasteiger partial charge in [-0.15, -0.1) is 0 Å². The maximum absolute atomic E-state index is 11.7. The van der Waals surface area contributed by atoms with Crippen molar-refractivity contribution in [1.29, 1.82) is 0 Å². The van der Waals surface area contributed by atoms with Crippen molar-refractivity contribution in [3.05, 3.63) is 29.8 Å². The number of esters is 1. The third-order valence-corrected chi connectivity index (χ3v) is 3.55. The zero-order valence-corrected chi connectivity index (χ0v) is 10.4. The van der Waals surface area contributed by atoms with Crippen LogP contribution in [0, 0.1) is 12.8 Å². The Kier molecular flexibility index (Phi) is 4.18. The van der Waals surface area contributed by atoms with Crippen molar-refractivity contribution in [2.45, 2.75) is 45.4 Å². The zero-order valence-electron chi connectivity index (χ0n) is 10.4. The van der Waals surface area contributed by atoms with Crippen molar-refractivity contribution in [3.8, 4) is 5.75 Å². The number of hydrogen-bond donors (Lipinski definition) is 0. The van der Waals surface area contributed by atoms with Gasteiger partial charge in [-0.25, -0.2) is 0 Å². The standard InChI is InChI=1S/C15H20O2/c1-12-6-2-5-9-14(12)17-15(16)11-10-13-7-3-4-8-13/h2,5-6,9,13H,3-4,7-8,10-11H2,1H3. The fourth-order valence-electron chi connectivity index (χ4n) is 2.47. The quantitative estimate of drug-likeness (QED) is 0.582. The van der Waals surface area contributed by atoms with Crippen LogP contribution in [0.1, 0.15) is 44.1 Å². The Hall–Kier alpha value is -1.31. The van der Waals surface area contributed by atoms with E-state index in [9.17, 15) is 4.79 Å². The maximum Gasteiger partial charge on any atom is 0.311 e. The number of hydrogen-bond acceptors (Lipinski definition) is 2. The molecule has 0 saturated heterocycles. The van der Waals surface area contributed by atoms with Gasteiger partial charge in [-0.05, 0) is 30.9 Å². The fraction of sp³-hybridized carbons (Fsp3) is 0.533. The van der Waals surface area contributed by atoms with E-state index in [1.807, 2.05) is 31.2 Å². The molecule has 0 aromatic heterocycles. The summed E-state index contributed by atoms with van der Waals surface area (Å²) in [4.78, 5) is 11.7. The van der Waals surface area contributed by atoms with E-state index in [1.165, 1.54) is 25.7 Å². The first kappa shape index (κ1) is 12.2. The van der Waals surface area contributed by atoms with Gasteiger partial charge in [0.15, 0.2) is 0 Å². The first-order valence-electron chi connectivity index (χ1n) is 6.52. The third kappa shape index (κ3) is 3.58. The molecule has 0 heterocycles. The number of ether oxygens (including phenoxy) is 1. The highest BCUT2D eigenvalue weighted by Crippen LogP contribution is 2.28. The molecule has 1 saturated carbocycles. The van der Waals surface area contributed by atoms with E-state index >= 15 is 0 Å². The third-order valence-electron chi connectivity index (χ3n) is 3.55. The van der Waals surface area contributed by atoms with Crippen molar-refractivity contribution in [2.75, 3.05) is 0 Å². The van der Waals surface area contributed by atoms with Gasteiger partial charge in [-0.2, -0.15) is 0 Å². The summed E-state index contributed by atoms with van der Waals surface area (Å²) < 4.78 is 5.37. The Bertz CT molecular complexity index is 378. The Balaban J connectivity index is 1.79. The molecule has 2 rings (SSSR count). The van der Waals surface area contributed by atoms with Crippen LogP contribution in [-0.4, -0.2) is 5.97 Å². The van der Waals surface area contributed by atoms with E-state index in [4.69, 9.17) is 4.74 Å². The average Bonchev–Trinajstić information content (AvgIpc) is 2.82. The van der Waals surface area contributed by atoms with Gasteiger partial charge in [-0.1, -0.05) is 43.9 Å². The SMILES string of the molecule is Cc1ccccc1OC(=O)CCC1CCCC1. The van der Waals surface area contributed by atoms with E-state index in [-0.39, 0.29) is 5.97 Å². The minimum absolute atomic E-state index is 0.0915. The Labute approximate surface area is 103 Å². The fourth-order valence-corrected chi connectivity index (χ4v) is 2.47. The van der Waals surface area contributed by atoms with Crippen LogP contribution in [0.5, 0.6) is 5.75 Å². The molecule has 0 N–H and O–H groups in total. The van der Waals surface area contributed by atoms with Gasteiger partial charge in [0.2, 0.25) is 0 Å². The number of aryl methyl sites for hydroxylation is 1. The summed E-state index contributed by atoms with van der Waals surface area (Å²) in [6, 6.07) is 7.65. The highest BCUT2D eigenvalue weighted by atomic mass is 16.5. The van der Waals surface area contributed by atoms with Crippen molar-refractivity contribution in [1.82, 2.24) is 0 Å². The smallest absolute Gasteiger partial charge is 0.311 e. The Morgan fingerprint density at radius 3 is 2.71 bits per heavy atom.